The summed E-state index contributed by atoms with van der Waals surface area (Å²) < 4.78 is 5.41. The highest BCUT2D eigenvalue weighted by Crippen LogP contribution is 2.07. The number of ether oxygens (including phenoxy) is 1. The van der Waals surface area contributed by atoms with E-state index in [1.54, 1.807) is 6.07 Å². The van der Waals surface area contributed by atoms with Crippen LogP contribution < -0.4 is 5.32 Å². The number of rotatable bonds is 4. The van der Waals surface area contributed by atoms with E-state index in [4.69, 9.17) is 4.74 Å². The van der Waals surface area contributed by atoms with Gasteiger partial charge in [-0.05, 0) is 31.0 Å². The average molecular weight is 296 g/mol. The molecule has 2 aromatic rings. The predicted molar refractivity (Wildman–Crippen MR) is 87.9 cm³/mol. The SMILES string of the molecule is CCOC(=NCc1ccccc1)NC(=O)c1ccccc1C. The lowest BCUT2D eigenvalue weighted by molar-refractivity contribution is 0.0965. The third kappa shape index (κ3) is 4.45. The van der Waals surface area contributed by atoms with Gasteiger partial charge in [0, 0.05) is 5.56 Å². The Hall–Kier alpha value is -2.62. The minimum atomic E-state index is -0.210. The first kappa shape index (κ1) is 15.8. The normalized spacial score (nSPS) is 11.1. The number of carbonyl (C=O) groups is 1. The maximum absolute atomic E-state index is 12.3. The first-order valence-electron chi connectivity index (χ1n) is 7.29. The molecule has 1 amide bonds. The second-order valence-electron chi connectivity index (χ2n) is 4.81. The molecule has 0 atom stereocenters. The number of nitrogens with one attached hydrogen (secondary N) is 1. The van der Waals surface area contributed by atoms with Gasteiger partial charge < -0.3 is 4.74 Å². The summed E-state index contributed by atoms with van der Waals surface area (Å²) in [5.41, 5.74) is 2.60. The molecule has 0 saturated carbocycles. The highest BCUT2D eigenvalue weighted by Gasteiger charge is 2.11. The molecule has 0 heterocycles. The molecule has 0 bridgehead atoms. The fraction of sp³-hybridized carbons (Fsp3) is 0.222. The average Bonchev–Trinajstić information content (AvgIpc) is 2.54. The molecule has 22 heavy (non-hydrogen) atoms. The molecule has 0 aromatic heterocycles. The number of aryl methyl sites for hydroxylation is 1. The van der Waals surface area contributed by atoms with Crippen LogP contribution in [-0.4, -0.2) is 18.5 Å². The number of amides is 1. The number of benzene rings is 2. The van der Waals surface area contributed by atoms with Crippen molar-refractivity contribution in [3.63, 3.8) is 0 Å². The van der Waals surface area contributed by atoms with Crippen LogP contribution in [0.2, 0.25) is 0 Å². The van der Waals surface area contributed by atoms with Crippen LogP contribution in [0.1, 0.15) is 28.4 Å². The lowest BCUT2D eigenvalue weighted by atomic mass is 10.1. The fourth-order valence-electron chi connectivity index (χ4n) is 2.00. The molecule has 0 aliphatic carbocycles. The van der Waals surface area contributed by atoms with Crippen molar-refractivity contribution in [2.75, 3.05) is 6.61 Å². The van der Waals surface area contributed by atoms with Crippen LogP contribution in [0.4, 0.5) is 0 Å². The Morgan fingerprint density at radius 1 is 1.09 bits per heavy atom. The third-order valence-corrected chi connectivity index (χ3v) is 3.14. The van der Waals surface area contributed by atoms with Crippen LogP contribution in [0.3, 0.4) is 0 Å². The smallest absolute Gasteiger partial charge is 0.292 e. The topological polar surface area (TPSA) is 50.7 Å². The summed E-state index contributed by atoms with van der Waals surface area (Å²) in [4.78, 5) is 16.6. The van der Waals surface area contributed by atoms with Gasteiger partial charge in [-0.2, -0.15) is 0 Å². The third-order valence-electron chi connectivity index (χ3n) is 3.14. The number of nitrogens with zero attached hydrogens (tertiary/aromatic N) is 1. The molecule has 0 aliphatic heterocycles. The van der Waals surface area contributed by atoms with Gasteiger partial charge in [-0.3, -0.25) is 10.1 Å². The van der Waals surface area contributed by atoms with Crippen LogP contribution in [-0.2, 0) is 11.3 Å². The molecule has 0 saturated heterocycles. The van der Waals surface area contributed by atoms with Crippen molar-refractivity contribution in [3.8, 4) is 0 Å². The molecule has 1 N–H and O–H groups in total. The van der Waals surface area contributed by atoms with Crippen LogP contribution in [0.25, 0.3) is 0 Å². The molecule has 2 rings (SSSR count). The van der Waals surface area contributed by atoms with E-state index < -0.39 is 0 Å². The zero-order chi connectivity index (χ0) is 15.8. The Morgan fingerprint density at radius 2 is 1.77 bits per heavy atom. The Balaban J connectivity index is 2.08. The standard InChI is InChI=1S/C18H20N2O2/c1-3-22-18(19-13-15-10-5-4-6-11-15)20-17(21)16-12-8-7-9-14(16)2/h4-12H,3,13H2,1-2H3,(H,19,20,21). The molecule has 4 heteroatoms. The number of aliphatic imine (C=N–C) groups is 1. The van der Waals surface area contributed by atoms with Gasteiger partial charge in [0.1, 0.15) is 0 Å². The van der Waals surface area contributed by atoms with E-state index in [0.29, 0.717) is 18.7 Å². The first-order valence-corrected chi connectivity index (χ1v) is 7.29. The van der Waals surface area contributed by atoms with Gasteiger partial charge in [0.2, 0.25) is 0 Å². The first-order chi connectivity index (χ1) is 10.7. The molecule has 0 aliphatic rings. The lowest BCUT2D eigenvalue weighted by Gasteiger charge is -2.10. The van der Waals surface area contributed by atoms with E-state index in [9.17, 15) is 4.79 Å². The van der Waals surface area contributed by atoms with Crippen molar-refractivity contribution in [2.24, 2.45) is 4.99 Å². The van der Waals surface area contributed by atoms with Gasteiger partial charge in [0.25, 0.3) is 11.9 Å². The highest BCUT2D eigenvalue weighted by molar-refractivity contribution is 6.04. The van der Waals surface area contributed by atoms with Crippen molar-refractivity contribution >= 4 is 11.9 Å². The predicted octanol–water partition coefficient (Wildman–Crippen LogP) is 3.32. The Morgan fingerprint density at radius 3 is 2.45 bits per heavy atom. The molecule has 0 radical (unpaired) electrons. The molecule has 4 nitrogen and oxygen atoms in total. The Labute approximate surface area is 130 Å². The van der Waals surface area contributed by atoms with Crippen LogP contribution in [0.5, 0.6) is 0 Å². The minimum absolute atomic E-state index is 0.210. The van der Waals surface area contributed by atoms with Gasteiger partial charge in [-0.1, -0.05) is 48.5 Å². The second kappa shape index (κ2) is 7.98. The highest BCUT2D eigenvalue weighted by atomic mass is 16.5. The summed E-state index contributed by atoms with van der Waals surface area (Å²) >= 11 is 0. The fourth-order valence-corrected chi connectivity index (χ4v) is 2.00. The summed E-state index contributed by atoms with van der Waals surface area (Å²) in [6, 6.07) is 17.5. The summed E-state index contributed by atoms with van der Waals surface area (Å²) in [6.45, 7) is 4.67. The summed E-state index contributed by atoms with van der Waals surface area (Å²) in [5, 5.41) is 2.73. The van der Waals surface area contributed by atoms with Gasteiger partial charge in [-0.25, -0.2) is 4.99 Å². The Kier molecular flexibility index (Phi) is 5.72. The molecule has 0 fully saturated rings. The lowest BCUT2D eigenvalue weighted by Crippen LogP contribution is -2.33. The van der Waals surface area contributed by atoms with Gasteiger partial charge in [0.05, 0.1) is 13.2 Å². The molecule has 0 spiro atoms. The second-order valence-corrected chi connectivity index (χ2v) is 4.81. The van der Waals surface area contributed by atoms with E-state index in [-0.39, 0.29) is 11.9 Å². The van der Waals surface area contributed by atoms with Crippen molar-refractivity contribution in [1.29, 1.82) is 0 Å². The molecule has 0 unspecified atom stereocenters. The summed E-state index contributed by atoms with van der Waals surface area (Å²) in [7, 11) is 0. The zero-order valence-electron chi connectivity index (χ0n) is 12.9. The molecular formula is C18H20N2O2. The van der Waals surface area contributed by atoms with Crippen LogP contribution in [0, 0.1) is 6.92 Å². The largest absolute Gasteiger partial charge is 0.465 e. The summed E-state index contributed by atoms with van der Waals surface area (Å²) in [5.74, 6) is -0.210. The van der Waals surface area contributed by atoms with E-state index in [1.165, 1.54) is 0 Å². The van der Waals surface area contributed by atoms with Gasteiger partial charge in [0.15, 0.2) is 0 Å². The maximum Gasteiger partial charge on any atom is 0.292 e. The number of hydrogen-bond donors (Lipinski definition) is 1. The van der Waals surface area contributed by atoms with Crippen molar-refractivity contribution in [1.82, 2.24) is 5.32 Å². The Bertz CT molecular complexity index is 651. The minimum Gasteiger partial charge on any atom is -0.465 e. The van der Waals surface area contributed by atoms with Gasteiger partial charge in [-0.15, -0.1) is 0 Å². The number of amidine groups is 1. The monoisotopic (exact) mass is 296 g/mol. The molecular weight excluding hydrogens is 276 g/mol. The van der Waals surface area contributed by atoms with Gasteiger partial charge >= 0.3 is 0 Å². The van der Waals surface area contributed by atoms with Crippen LogP contribution in [0.15, 0.2) is 59.6 Å². The quantitative estimate of drug-likeness (QED) is 0.695. The number of hydrogen-bond acceptors (Lipinski definition) is 3. The van der Waals surface area contributed by atoms with E-state index in [1.807, 2.05) is 62.4 Å². The van der Waals surface area contributed by atoms with E-state index >= 15 is 0 Å². The van der Waals surface area contributed by atoms with E-state index in [0.717, 1.165) is 11.1 Å². The van der Waals surface area contributed by atoms with Crippen molar-refractivity contribution in [3.05, 3.63) is 71.3 Å². The summed E-state index contributed by atoms with van der Waals surface area (Å²) in [6.07, 6.45) is 0. The zero-order valence-corrected chi connectivity index (χ0v) is 12.9. The van der Waals surface area contributed by atoms with Crippen LogP contribution >= 0.6 is 0 Å². The molecule has 2 aromatic carbocycles. The molecule has 114 valence electrons. The van der Waals surface area contributed by atoms with E-state index in [2.05, 4.69) is 10.3 Å². The van der Waals surface area contributed by atoms with Crippen molar-refractivity contribution in [2.45, 2.75) is 20.4 Å². The maximum atomic E-state index is 12.3. The number of carbonyl (C=O) groups excluding carboxylic acids is 1. The van der Waals surface area contributed by atoms with Crippen molar-refractivity contribution < 1.29 is 9.53 Å².